The molecule has 0 bridgehead atoms. The average molecular weight is 364 g/mol. The van der Waals surface area contributed by atoms with Gasteiger partial charge in [0, 0.05) is 41.2 Å². The normalized spacial score (nSPS) is 25.8. The molecular weight excluding hydrogens is 344 g/mol. The van der Waals surface area contributed by atoms with Crippen molar-refractivity contribution >= 4 is 11.6 Å². The van der Waals surface area contributed by atoms with Crippen LogP contribution in [0, 0.1) is 5.92 Å². The summed E-state index contributed by atoms with van der Waals surface area (Å²) in [5.74, 6) is 1.57. The third kappa shape index (κ3) is 2.80. The third-order valence-corrected chi connectivity index (χ3v) is 5.33. The lowest BCUT2D eigenvalue weighted by atomic mass is 9.93. The van der Waals surface area contributed by atoms with Crippen molar-refractivity contribution in [3.63, 3.8) is 0 Å². The van der Waals surface area contributed by atoms with E-state index in [1.807, 2.05) is 36.4 Å². The van der Waals surface area contributed by atoms with Gasteiger partial charge in [-0.1, -0.05) is 6.07 Å². The lowest BCUT2D eigenvalue weighted by molar-refractivity contribution is -0.131. The number of rotatable bonds is 3. The fourth-order valence-electron chi connectivity index (χ4n) is 3.91. The van der Waals surface area contributed by atoms with Crippen molar-refractivity contribution in [3.8, 4) is 11.5 Å². The van der Waals surface area contributed by atoms with Gasteiger partial charge >= 0.3 is 0 Å². The van der Waals surface area contributed by atoms with E-state index in [4.69, 9.17) is 9.47 Å². The van der Waals surface area contributed by atoms with Gasteiger partial charge in [0.15, 0.2) is 11.5 Å². The maximum absolute atomic E-state index is 12.7. The molecule has 2 N–H and O–H groups in total. The summed E-state index contributed by atoms with van der Waals surface area (Å²) in [5, 5.41) is 5.22. The Balaban J connectivity index is 1.43. The van der Waals surface area contributed by atoms with Crippen LogP contribution >= 0.6 is 0 Å². The number of hydrazine groups is 1. The highest BCUT2D eigenvalue weighted by Gasteiger charge is 2.44. The van der Waals surface area contributed by atoms with E-state index in [0.29, 0.717) is 5.75 Å². The van der Waals surface area contributed by atoms with Crippen LogP contribution < -0.4 is 20.2 Å². The Morgan fingerprint density at radius 2 is 2.11 bits per heavy atom. The summed E-state index contributed by atoms with van der Waals surface area (Å²) in [4.78, 5) is 17.2. The van der Waals surface area contributed by atoms with Gasteiger partial charge in [-0.25, -0.2) is 5.43 Å². The first-order chi connectivity index (χ1) is 13.2. The summed E-state index contributed by atoms with van der Waals surface area (Å²) >= 11 is 0. The minimum Gasteiger partial charge on any atom is -0.454 e. The number of fused-ring (bicyclic) bond motifs is 2. The molecule has 7 nitrogen and oxygen atoms in total. The van der Waals surface area contributed by atoms with Gasteiger partial charge in [-0.2, -0.15) is 0 Å². The first kappa shape index (κ1) is 16.1. The zero-order valence-electron chi connectivity index (χ0n) is 14.9. The van der Waals surface area contributed by atoms with Gasteiger partial charge in [-0.05, 0) is 43.7 Å². The number of nitrogens with zero attached hydrogens (tertiary/aromatic N) is 2. The summed E-state index contributed by atoms with van der Waals surface area (Å²) in [6.07, 6.45) is 4.07. The summed E-state index contributed by atoms with van der Waals surface area (Å²) in [5.41, 5.74) is 6.01. The summed E-state index contributed by atoms with van der Waals surface area (Å²) < 4.78 is 10.8. The molecule has 0 radical (unpaired) electrons. The van der Waals surface area contributed by atoms with E-state index in [1.165, 1.54) is 0 Å². The molecule has 1 saturated heterocycles. The van der Waals surface area contributed by atoms with E-state index in [1.54, 1.807) is 17.3 Å². The Hall–Kier alpha value is -3.06. The fourth-order valence-corrected chi connectivity index (χ4v) is 3.91. The standard InChI is InChI=1S/C20H20N4O3/c1-12-15(9-14-4-2-3-7-21-14)20-22-16(10-19(25)24(20)23-12)13-5-6-17-18(8-13)27-11-26-17/h2-8,10,12,15,20,22-23H,9,11H2,1H3. The predicted molar refractivity (Wildman–Crippen MR) is 98.3 cm³/mol. The zero-order chi connectivity index (χ0) is 18.4. The molecule has 1 aromatic heterocycles. The number of hydrogen-bond donors (Lipinski definition) is 2. The molecule has 1 amide bonds. The summed E-state index contributed by atoms with van der Waals surface area (Å²) in [6.45, 7) is 2.33. The number of carbonyl (C=O) groups is 1. The molecule has 0 aliphatic carbocycles. The number of pyridine rings is 1. The van der Waals surface area contributed by atoms with Gasteiger partial charge < -0.3 is 14.8 Å². The van der Waals surface area contributed by atoms with Crippen LogP contribution in [0.2, 0.25) is 0 Å². The van der Waals surface area contributed by atoms with Gasteiger partial charge in [0.25, 0.3) is 5.91 Å². The molecule has 3 unspecified atom stereocenters. The number of hydrogen-bond acceptors (Lipinski definition) is 6. The highest BCUT2D eigenvalue weighted by atomic mass is 16.7. The fraction of sp³-hybridized carbons (Fsp3) is 0.300. The maximum atomic E-state index is 12.7. The smallest absolute Gasteiger partial charge is 0.264 e. The van der Waals surface area contributed by atoms with E-state index >= 15 is 0 Å². The molecule has 27 heavy (non-hydrogen) atoms. The number of aromatic nitrogens is 1. The summed E-state index contributed by atoms with van der Waals surface area (Å²) in [7, 11) is 0. The first-order valence-corrected chi connectivity index (χ1v) is 9.06. The van der Waals surface area contributed by atoms with Crippen LogP contribution in [0.5, 0.6) is 11.5 Å². The quantitative estimate of drug-likeness (QED) is 0.863. The largest absolute Gasteiger partial charge is 0.454 e. The molecular formula is C20H20N4O3. The Labute approximate surface area is 157 Å². The molecule has 1 fully saturated rings. The highest BCUT2D eigenvalue weighted by molar-refractivity contribution is 5.97. The molecule has 3 aliphatic heterocycles. The van der Waals surface area contributed by atoms with Crippen molar-refractivity contribution in [3.05, 3.63) is 59.9 Å². The van der Waals surface area contributed by atoms with Crippen LogP contribution in [0.3, 0.4) is 0 Å². The summed E-state index contributed by atoms with van der Waals surface area (Å²) in [6, 6.07) is 11.8. The molecule has 7 heteroatoms. The van der Waals surface area contributed by atoms with E-state index < -0.39 is 0 Å². The second-order valence-corrected chi connectivity index (χ2v) is 7.03. The predicted octanol–water partition coefficient (Wildman–Crippen LogP) is 1.67. The topological polar surface area (TPSA) is 75.7 Å². The van der Waals surface area contributed by atoms with Crippen LogP contribution in [-0.2, 0) is 11.2 Å². The second kappa shape index (κ2) is 6.28. The van der Waals surface area contributed by atoms with Gasteiger partial charge in [0.05, 0.1) is 0 Å². The molecule has 2 aromatic rings. The van der Waals surface area contributed by atoms with Crippen molar-refractivity contribution < 1.29 is 14.3 Å². The SMILES string of the molecule is CC1NN2C(=O)C=C(c3ccc4c(c3)OCO4)NC2C1Cc1ccccn1. The minimum atomic E-state index is -0.139. The minimum absolute atomic E-state index is 0.0539. The number of ether oxygens (including phenoxy) is 2. The highest BCUT2D eigenvalue weighted by Crippen LogP contribution is 2.36. The van der Waals surface area contributed by atoms with Crippen LogP contribution in [-0.4, -0.2) is 34.9 Å². The monoisotopic (exact) mass is 364 g/mol. The van der Waals surface area contributed by atoms with Crippen LogP contribution in [0.25, 0.3) is 5.70 Å². The number of carbonyl (C=O) groups excluding carboxylic acids is 1. The molecule has 4 heterocycles. The molecule has 138 valence electrons. The van der Waals surface area contributed by atoms with Crippen LogP contribution in [0.4, 0.5) is 0 Å². The van der Waals surface area contributed by atoms with Crippen molar-refractivity contribution in [1.82, 2.24) is 20.7 Å². The molecule has 0 spiro atoms. The van der Waals surface area contributed by atoms with Crippen molar-refractivity contribution in [2.45, 2.75) is 25.6 Å². The number of nitrogens with one attached hydrogen (secondary N) is 2. The Kier molecular flexibility index (Phi) is 3.75. The Morgan fingerprint density at radius 3 is 2.96 bits per heavy atom. The van der Waals surface area contributed by atoms with Gasteiger partial charge in [0.2, 0.25) is 6.79 Å². The number of benzene rings is 1. The van der Waals surface area contributed by atoms with E-state index in [-0.39, 0.29) is 30.8 Å². The Morgan fingerprint density at radius 1 is 1.22 bits per heavy atom. The molecule has 0 saturated carbocycles. The van der Waals surface area contributed by atoms with E-state index in [0.717, 1.165) is 29.1 Å². The van der Waals surface area contributed by atoms with E-state index in [9.17, 15) is 4.79 Å². The molecule has 1 aromatic carbocycles. The van der Waals surface area contributed by atoms with E-state index in [2.05, 4.69) is 22.7 Å². The first-order valence-electron chi connectivity index (χ1n) is 9.06. The average Bonchev–Trinajstić information content (AvgIpc) is 3.27. The maximum Gasteiger partial charge on any atom is 0.264 e. The third-order valence-electron chi connectivity index (χ3n) is 5.33. The Bertz CT molecular complexity index is 915. The lowest BCUT2D eigenvalue weighted by Gasteiger charge is -2.33. The van der Waals surface area contributed by atoms with Crippen molar-refractivity contribution in [2.24, 2.45) is 5.92 Å². The van der Waals surface area contributed by atoms with Crippen molar-refractivity contribution in [1.29, 1.82) is 0 Å². The molecule has 5 rings (SSSR count). The molecule has 3 atom stereocenters. The zero-order valence-corrected chi connectivity index (χ0v) is 14.9. The van der Waals surface area contributed by atoms with Crippen molar-refractivity contribution in [2.75, 3.05) is 6.79 Å². The lowest BCUT2D eigenvalue weighted by Crippen LogP contribution is -2.53. The van der Waals surface area contributed by atoms with Gasteiger partial charge in [0.1, 0.15) is 6.17 Å². The van der Waals surface area contributed by atoms with Crippen LogP contribution in [0.1, 0.15) is 18.2 Å². The second-order valence-electron chi connectivity index (χ2n) is 7.03. The van der Waals surface area contributed by atoms with Gasteiger partial charge in [-0.3, -0.25) is 14.8 Å². The number of amides is 1. The van der Waals surface area contributed by atoms with Gasteiger partial charge in [-0.15, -0.1) is 0 Å². The molecule has 3 aliphatic rings. The van der Waals surface area contributed by atoms with Crippen LogP contribution in [0.15, 0.2) is 48.7 Å².